The van der Waals surface area contributed by atoms with Crippen molar-refractivity contribution in [2.24, 2.45) is 0 Å². The lowest BCUT2D eigenvalue weighted by Gasteiger charge is -2.28. The average Bonchev–Trinajstić information content (AvgIpc) is 2.90. The summed E-state index contributed by atoms with van der Waals surface area (Å²) >= 11 is 6.63. The van der Waals surface area contributed by atoms with Gasteiger partial charge < -0.3 is 4.90 Å². The minimum Gasteiger partial charge on any atom is -0.308 e. The van der Waals surface area contributed by atoms with Gasteiger partial charge in [-0.25, -0.2) is 0 Å². The second-order valence-electron chi connectivity index (χ2n) is 5.02. The van der Waals surface area contributed by atoms with E-state index in [1.54, 1.807) is 0 Å². The lowest BCUT2D eigenvalue weighted by molar-refractivity contribution is -0.117. The Morgan fingerprint density at radius 3 is 2.25 bits per heavy atom. The summed E-state index contributed by atoms with van der Waals surface area (Å²) in [6.07, 6.45) is 1.37. The van der Waals surface area contributed by atoms with Crippen LogP contribution >= 0.6 is 11.6 Å². The van der Waals surface area contributed by atoms with Crippen molar-refractivity contribution >= 4 is 23.2 Å². The highest BCUT2D eigenvalue weighted by Gasteiger charge is 2.37. The zero-order valence-corrected chi connectivity index (χ0v) is 11.8. The number of rotatable bonds is 3. The van der Waals surface area contributed by atoms with Gasteiger partial charge >= 0.3 is 0 Å². The summed E-state index contributed by atoms with van der Waals surface area (Å²) in [5, 5.41) is -0.178. The third kappa shape index (κ3) is 2.44. The first-order valence-corrected chi connectivity index (χ1v) is 7.27. The topological polar surface area (TPSA) is 20.3 Å². The number of carbonyl (C=O) groups is 1. The van der Waals surface area contributed by atoms with Gasteiger partial charge in [-0.15, -0.1) is 11.6 Å². The average molecular weight is 286 g/mol. The number of nitrogens with zero attached hydrogens (tertiary/aromatic N) is 1. The molecule has 0 aromatic heterocycles. The van der Waals surface area contributed by atoms with Crippen LogP contribution in [0.4, 0.5) is 5.69 Å². The van der Waals surface area contributed by atoms with Gasteiger partial charge in [0.25, 0.3) is 0 Å². The second-order valence-corrected chi connectivity index (χ2v) is 5.49. The van der Waals surface area contributed by atoms with Gasteiger partial charge in [-0.1, -0.05) is 48.5 Å². The summed E-state index contributed by atoms with van der Waals surface area (Å²) in [5.74, 6) is 0.155. The molecule has 2 aromatic rings. The molecule has 102 valence electrons. The maximum Gasteiger partial charge on any atom is 0.227 e. The summed E-state index contributed by atoms with van der Waals surface area (Å²) in [6, 6.07) is 19.8. The number of para-hydroxylation sites is 1. The normalized spacial score (nSPS) is 20.1. The molecule has 2 atom stereocenters. The Labute approximate surface area is 124 Å². The van der Waals surface area contributed by atoms with Crippen LogP contribution in [0.3, 0.4) is 0 Å². The molecule has 2 nitrogen and oxygen atoms in total. The van der Waals surface area contributed by atoms with Gasteiger partial charge in [-0.3, -0.25) is 4.79 Å². The van der Waals surface area contributed by atoms with Crippen molar-refractivity contribution in [3.05, 3.63) is 66.2 Å². The first-order valence-electron chi connectivity index (χ1n) is 6.83. The monoisotopic (exact) mass is 285 g/mol. The van der Waals surface area contributed by atoms with Crippen LogP contribution in [0.15, 0.2) is 60.7 Å². The number of halogens is 1. The van der Waals surface area contributed by atoms with Crippen molar-refractivity contribution in [3.63, 3.8) is 0 Å². The maximum atomic E-state index is 12.2. The van der Waals surface area contributed by atoms with Gasteiger partial charge in [0.15, 0.2) is 0 Å². The van der Waals surface area contributed by atoms with Gasteiger partial charge in [-0.05, 0) is 24.1 Å². The van der Waals surface area contributed by atoms with Crippen molar-refractivity contribution in [1.82, 2.24) is 0 Å². The molecule has 1 aliphatic heterocycles. The molecule has 1 aliphatic rings. The predicted molar refractivity (Wildman–Crippen MR) is 82.0 cm³/mol. The molecule has 0 N–H and O–H groups in total. The van der Waals surface area contributed by atoms with Gasteiger partial charge in [0.05, 0.1) is 11.4 Å². The first kappa shape index (κ1) is 13.2. The zero-order chi connectivity index (χ0) is 13.9. The molecule has 0 saturated carbocycles. The van der Waals surface area contributed by atoms with Crippen molar-refractivity contribution in [2.75, 3.05) is 4.90 Å². The lowest BCUT2D eigenvalue weighted by Crippen LogP contribution is -2.35. The van der Waals surface area contributed by atoms with Crippen LogP contribution in [0.2, 0.25) is 0 Å². The highest BCUT2D eigenvalue weighted by atomic mass is 35.5. The Balaban J connectivity index is 1.91. The van der Waals surface area contributed by atoms with Crippen LogP contribution in [0.5, 0.6) is 0 Å². The fourth-order valence-electron chi connectivity index (χ4n) is 2.77. The van der Waals surface area contributed by atoms with Gasteiger partial charge in [0.2, 0.25) is 5.91 Å². The smallest absolute Gasteiger partial charge is 0.227 e. The molecular weight excluding hydrogens is 270 g/mol. The van der Waals surface area contributed by atoms with E-state index >= 15 is 0 Å². The molecule has 20 heavy (non-hydrogen) atoms. The van der Waals surface area contributed by atoms with Crippen LogP contribution in [-0.4, -0.2) is 11.9 Å². The predicted octanol–water partition coefficient (Wildman–Crippen LogP) is 4.16. The van der Waals surface area contributed by atoms with Crippen LogP contribution in [-0.2, 0) is 4.79 Å². The molecule has 3 heteroatoms. The molecule has 0 aliphatic carbocycles. The summed E-state index contributed by atoms with van der Waals surface area (Å²) in [5.41, 5.74) is 2.00. The van der Waals surface area contributed by atoms with Crippen molar-refractivity contribution in [1.29, 1.82) is 0 Å². The van der Waals surface area contributed by atoms with E-state index in [1.807, 2.05) is 65.6 Å². The highest BCUT2D eigenvalue weighted by Crippen LogP contribution is 2.37. The van der Waals surface area contributed by atoms with E-state index < -0.39 is 0 Å². The Morgan fingerprint density at radius 1 is 1.00 bits per heavy atom. The minimum atomic E-state index is -0.178. The molecule has 3 rings (SSSR count). The molecule has 1 heterocycles. The fraction of sp³-hybridized carbons (Fsp3) is 0.235. The van der Waals surface area contributed by atoms with E-state index in [0.29, 0.717) is 6.42 Å². The summed E-state index contributed by atoms with van der Waals surface area (Å²) in [6.45, 7) is 0. The number of anilines is 1. The van der Waals surface area contributed by atoms with Crippen LogP contribution < -0.4 is 4.90 Å². The second kappa shape index (κ2) is 5.68. The highest BCUT2D eigenvalue weighted by molar-refractivity contribution is 6.22. The van der Waals surface area contributed by atoms with Gasteiger partial charge in [0, 0.05) is 12.1 Å². The van der Waals surface area contributed by atoms with E-state index in [2.05, 4.69) is 0 Å². The van der Waals surface area contributed by atoms with Gasteiger partial charge in [-0.2, -0.15) is 0 Å². The standard InChI is InChI=1S/C17H16ClNO/c18-17(13-7-3-1-4-8-13)15-11-12-16(20)19(15)14-9-5-2-6-10-14/h1-10,15,17H,11-12H2. The number of carbonyl (C=O) groups excluding carboxylic acids is 1. The van der Waals surface area contributed by atoms with Crippen molar-refractivity contribution < 1.29 is 4.79 Å². The number of hydrogen-bond donors (Lipinski definition) is 0. The third-order valence-electron chi connectivity index (χ3n) is 3.74. The van der Waals surface area contributed by atoms with E-state index in [0.717, 1.165) is 17.7 Å². The molecule has 2 aromatic carbocycles. The fourth-order valence-corrected chi connectivity index (χ4v) is 3.15. The van der Waals surface area contributed by atoms with Crippen LogP contribution in [0.1, 0.15) is 23.8 Å². The van der Waals surface area contributed by atoms with Gasteiger partial charge in [0.1, 0.15) is 0 Å². The third-order valence-corrected chi connectivity index (χ3v) is 4.29. The summed E-state index contributed by atoms with van der Waals surface area (Å²) < 4.78 is 0. The first-order chi connectivity index (χ1) is 9.77. The lowest BCUT2D eigenvalue weighted by atomic mass is 10.0. The largest absolute Gasteiger partial charge is 0.308 e. The molecule has 1 amide bonds. The molecule has 1 fully saturated rings. The van der Waals surface area contributed by atoms with Crippen molar-refractivity contribution in [2.45, 2.75) is 24.3 Å². The zero-order valence-electron chi connectivity index (χ0n) is 11.1. The quantitative estimate of drug-likeness (QED) is 0.776. The van der Waals surface area contributed by atoms with E-state index in [4.69, 9.17) is 11.6 Å². The van der Waals surface area contributed by atoms with E-state index in [-0.39, 0.29) is 17.3 Å². The Bertz CT molecular complexity index is 584. The van der Waals surface area contributed by atoms with Crippen LogP contribution in [0.25, 0.3) is 0 Å². The van der Waals surface area contributed by atoms with Crippen molar-refractivity contribution in [3.8, 4) is 0 Å². The Kier molecular flexibility index (Phi) is 3.75. The molecule has 0 radical (unpaired) electrons. The number of benzene rings is 2. The molecule has 0 spiro atoms. The number of amides is 1. The van der Waals surface area contributed by atoms with E-state index in [9.17, 15) is 4.79 Å². The number of alkyl halides is 1. The maximum absolute atomic E-state index is 12.2. The van der Waals surface area contributed by atoms with Crippen LogP contribution in [0, 0.1) is 0 Å². The molecular formula is C17H16ClNO. The molecule has 0 bridgehead atoms. The summed E-state index contributed by atoms with van der Waals surface area (Å²) in [4.78, 5) is 14.0. The minimum absolute atomic E-state index is 0.0222. The molecule has 1 saturated heterocycles. The van der Waals surface area contributed by atoms with E-state index in [1.165, 1.54) is 0 Å². The molecule has 2 unspecified atom stereocenters. The number of hydrogen-bond acceptors (Lipinski definition) is 1. The SMILES string of the molecule is O=C1CCC(C(Cl)c2ccccc2)N1c1ccccc1. The Morgan fingerprint density at radius 2 is 1.60 bits per heavy atom. The summed E-state index contributed by atoms with van der Waals surface area (Å²) in [7, 11) is 0. The Hall–Kier alpha value is -1.80.